The van der Waals surface area contributed by atoms with Crippen molar-refractivity contribution < 1.29 is 4.39 Å². The van der Waals surface area contributed by atoms with E-state index in [-0.39, 0.29) is 11.6 Å². The fourth-order valence-electron chi connectivity index (χ4n) is 0.965. The third-order valence-electron chi connectivity index (χ3n) is 1.75. The Labute approximate surface area is 76.1 Å². The molecule has 0 aliphatic carbocycles. The van der Waals surface area contributed by atoms with Crippen LogP contribution in [0.1, 0.15) is 17.2 Å². The van der Waals surface area contributed by atoms with Crippen molar-refractivity contribution in [2.75, 3.05) is 0 Å². The third kappa shape index (κ3) is 1.92. The lowest BCUT2D eigenvalue weighted by Gasteiger charge is -2.06. The molecule has 0 bridgehead atoms. The van der Waals surface area contributed by atoms with Crippen molar-refractivity contribution in [3.8, 4) is 6.07 Å². The SMILES string of the molecule is C=CC(N)c1ccc(C#N)c(F)c1. The van der Waals surface area contributed by atoms with E-state index in [4.69, 9.17) is 11.0 Å². The highest BCUT2D eigenvalue weighted by Crippen LogP contribution is 2.15. The number of rotatable bonds is 2. The summed E-state index contributed by atoms with van der Waals surface area (Å²) >= 11 is 0. The minimum absolute atomic E-state index is 0.0278. The van der Waals surface area contributed by atoms with Crippen LogP contribution in [0.5, 0.6) is 0 Å². The number of benzene rings is 1. The van der Waals surface area contributed by atoms with Crippen LogP contribution in [0.4, 0.5) is 4.39 Å². The monoisotopic (exact) mass is 176 g/mol. The Morgan fingerprint density at radius 1 is 1.62 bits per heavy atom. The lowest BCUT2D eigenvalue weighted by Crippen LogP contribution is -2.06. The average molecular weight is 176 g/mol. The third-order valence-corrected chi connectivity index (χ3v) is 1.75. The molecule has 0 aliphatic heterocycles. The first-order valence-electron chi connectivity index (χ1n) is 3.76. The number of nitrogens with two attached hydrogens (primary N) is 1. The molecule has 0 amide bonds. The van der Waals surface area contributed by atoms with Gasteiger partial charge in [0, 0.05) is 6.04 Å². The molecule has 1 aromatic carbocycles. The molecule has 66 valence electrons. The highest BCUT2D eigenvalue weighted by molar-refractivity contribution is 5.35. The van der Waals surface area contributed by atoms with Crippen molar-refractivity contribution in [1.82, 2.24) is 0 Å². The van der Waals surface area contributed by atoms with Gasteiger partial charge >= 0.3 is 0 Å². The molecule has 0 radical (unpaired) electrons. The molecule has 0 saturated carbocycles. The van der Waals surface area contributed by atoms with Crippen LogP contribution in [0.2, 0.25) is 0 Å². The van der Waals surface area contributed by atoms with Gasteiger partial charge < -0.3 is 5.73 Å². The molecule has 1 atom stereocenters. The second kappa shape index (κ2) is 3.83. The molecule has 0 heterocycles. The van der Waals surface area contributed by atoms with E-state index in [0.717, 1.165) is 0 Å². The van der Waals surface area contributed by atoms with E-state index in [9.17, 15) is 4.39 Å². The number of hydrogen-bond donors (Lipinski definition) is 1. The minimum atomic E-state index is -0.544. The molecular formula is C10H9FN2. The van der Waals surface area contributed by atoms with Gasteiger partial charge in [0.2, 0.25) is 0 Å². The zero-order chi connectivity index (χ0) is 9.84. The van der Waals surface area contributed by atoms with E-state index in [0.29, 0.717) is 5.56 Å². The molecule has 0 saturated heterocycles. The summed E-state index contributed by atoms with van der Waals surface area (Å²) in [6.45, 7) is 3.50. The number of nitriles is 1. The van der Waals surface area contributed by atoms with Crippen molar-refractivity contribution in [2.45, 2.75) is 6.04 Å². The van der Waals surface area contributed by atoms with Gasteiger partial charge in [0.05, 0.1) is 5.56 Å². The normalized spacial score (nSPS) is 11.8. The Kier molecular flexibility index (Phi) is 2.78. The Bertz CT molecular complexity index is 366. The summed E-state index contributed by atoms with van der Waals surface area (Å²) in [7, 11) is 0. The number of hydrogen-bond acceptors (Lipinski definition) is 2. The highest BCUT2D eigenvalue weighted by Gasteiger charge is 2.05. The maximum Gasteiger partial charge on any atom is 0.141 e. The van der Waals surface area contributed by atoms with Crippen LogP contribution < -0.4 is 5.73 Å². The lowest BCUT2D eigenvalue weighted by atomic mass is 10.1. The molecule has 0 fully saturated rings. The smallest absolute Gasteiger partial charge is 0.141 e. The van der Waals surface area contributed by atoms with Crippen molar-refractivity contribution in [3.63, 3.8) is 0 Å². The van der Waals surface area contributed by atoms with Crippen LogP contribution in [0.25, 0.3) is 0 Å². The quantitative estimate of drug-likeness (QED) is 0.699. The topological polar surface area (TPSA) is 49.8 Å². The number of halogens is 1. The van der Waals surface area contributed by atoms with Gasteiger partial charge in [0.1, 0.15) is 11.9 Å². The van der Waals surface area contributed by atoms with Gasteiger partial charge in [0.25, 0.3) is 0 Å². The average Bonchev–Trinajstić information content (AvgIpc) is 2.16. The van der Waals surface area contributed by atoms with Gasteiger partial charge in [-0.05, 0) is 17.7 Å². The molecule has 0 aliphatic rings. The largest absolute Gasteiger partial charge is 0.321 e. The van der Waals surface area contributed by atoms with Crippen molar-refractivity contribution in [3.05, 3.63) is 47.8 Å². The van der Waals surface area contributed by atoms with Gasteiger partial charge in [-0.3, -0.25) is 0 Å². The second-order valence-electron chi connectivity index (χ2n) is 2.61. The zero-order valence-electron chi connectivity index (χ0n) is 7.00. The summed E-state index contributed by atoms with van der Waals surface area (Å²) in [5, 5.41) is 8.46. The number of nitrogens with zero attached hydrogens (tertiary/aromatic N) is 1. The zero-order valence-corrected chi connectivity index (χ0v) is 7.00. The van der Waals surface area contributed by atoms with Gasteiger partial charge in [-0.25, -0.2) is 4.39 Å². The minimum Gasteiger partial charge on any atom is -0.321 e. The molecule has 0 spiro atoms. The highest BCUT2D eigenvalue weighted by atomic mass is 19.1. The van der Waals surface area contributed by atoms with Crippen molar-refractivity contribution in [2.24, 2.45) is 5.73 Å². The first kappa shape index (κ1) is 9.43. The first-order chi connectivity index (χ1) is 6.19. The summed E-state index contributed by atoms with van der Waals surface area (Å²) < 4.78 is 13.0. The second-order valence-corrected chi connectivity index (χ2v) is 2.61. The fourth-order valence-corrected chi connectivity index (χ4v) is 0.965. The summed E-state index contributed by atoms with van der Waals surface area (Å²) in [4.78, 5) is 0. The van der Waals surface area contributed by atoms with E-state index in [1.807, 2.05) is 0 Å². The fraction of sp³-hybridized carbons (Fsp3) is 0.100. The maximum absolute atomic E-state index is 13.0. The Morgan fingerprint density at radius 3 is 2.77 bits per heavy atom. The molecular weight excluding hydrogens is 167 g/mol. The molecule has 2 nitrogen and oxygen atoms in total. The summed E-state index contributed by atoms with van der Waals surface area (Å²) in [5.41, 5.74) is 6.23. The van der Waals surface area contributed by atoms with E-state index < -0.39 is 5.82 Å². The summed E-state index contributed by atoms with van der Waals surface area (Å²) in [5.74, 6) is -0.544. The van der Waals surface area contributed by atoms with Gasteiger partial charge in [-0.2, -0.15) is 5.26 Å². The van der Waals surface area contributed by atoms with Crippen LogP contribution in [0, 0.1) is 17.1 Å². The van der Waals surface area contributed by atoms with Crippen LogP contribution in [-0.4, -0.2) is 0 Å². The van der Waals surface area contributed by atoms with Crippen LogP contribution in [0.3, 0.4) is 0 Å². The molecule has 2 N–H and O–H groups in total. The summed E-state index contributed by atoms with van der Waals surface area (Å²) in [6.07, 6.45) is 1.51. The van der Waals surface area contributed by atoms with Crippen LogP contribution in [0.15, 0.2) is 30.9 Å². The van der Waals surface area contributed by atoms with E-state index in [1.54, 1.807) is 12.1 Å². The van der Waals surface area contributed by atoms with Crippen LogP contribution >= 0.6 is 0 Å². The summed E-state index contributed by atoms with van der Waals surface area (Å²) in [6, 6.07) is 5.64. The molecule has 13 heavy (non-hydrogen) atoms. The van der Waals surface area contributed by atoms with E-state index >= 15 is 0 Å². The van der Waals surface area contributed by atoms with Crippen LogP contribution in [-0.2, 0) is 0 Å². The lowest BCUT2D eigenvalue weighted by molar-refractivity contribution is 0.620. The van der Waals surface area contributed by atoms with E-state index in [2.05, 4.69) is 6.58 Å². The van der Waals surface area contributed by atoms with Gasteiger partial charge in [0.15, 0.2) is 0 Å². The molecule has 1 unspecified atom stereocenters. The Balaban J connectivity index is 3.11. The maximum atomic E-state index is 13.0. The predicted octanol–water partition coefficient (Wildman–Crippen LogP) is 1.88. The van der Waals surface area contributed by atoms with Crippen molar-refractivity contribution in [1.29, 1.82) is 5.26 Å². The molecule has 1 rings (SSSR count). The Morgan fingerprint density at radius 2 is 2.31 bits per heavy atom. The molecule has 1 aromatic rings. The first-order valence-corrected chi connectivity index (χ1v) is 3.76. The predicted molar refractivity (Wildman–Crippen MR) is 48.2 cm³/mol. The van der Waals surface area contributed by atoms with E-state index in [1.165, 1.54) is 18.2 Å². The molecule has 0 aromatic heterocycles. The Hall–Kier alpha value is -1.66. The van der Waals surface area contributed by atoms with Crippen molar-refractivity contribution >= 4 is 0 Å². The standard InChI is InChI=1S/C10H9FN2/c1-2-10(13)7-3-4-8(6-12)9(11)5-7/h2-5,10H,1,13H2. The molecule has 3 heteroatoms. The van der Waals surface area contributed by atoms with Gasteiger partial charge in [-0.15, -0.1) is 6.58 Å². The van der Waals surface area contributed by atoms with Gasteiger partial charge in [-0.1, -0.05) is 12.1 Å².